The van der Waals surface area contributed by atoms with Crippen LogP contribution in [-0.2, 0) is 19.4 Å². The van der Waals surface area contributed by atoms with Crippen LogP contribution < -0.4 is 0 Å². The summed E-state index contributed by atoms with van der Waals surface area (Å²) in [5.41, 5.74) is -1.58. The van der Waals surface area contributed by atoms with Crippen LogP contribution in [0.2, 0.25) is 0 Å². The maximum Gasteiger partial charge on any atom is 0.330 e. The lowest BCUT2D eigenvalue weighted by Crippen LogP contribution is -2.60. The molecule has 0 radical (unpaired) electrons. The number of hydrogen-bond acceptors (Lipinski definition) is 4. The number of aliphatic carboxylic acids is 1. The van der Waals surface area contributed by atoms with Crippen molar-refractivity contribution in [3.05, 3.63) is 0 Å². The number of rotatable bonds is 4. The maximum absolute atomic E-state index is 11.5. The average molecular weight is 249 g/mol. The molecule has 6 nitrogen and oxygen atoms in total. The average Bonchev–Trinajstić information content (AvgIpc) is 2.17. The molecule has 0 spiro atoms. The standard InChI is InChI=1S/C9H15NO5S/c1-2-10(7-11)9(8(12)13)4-3-5-16(14,15)6-9/h7H,2-6H2,1H3,(H,12,13). The molecule has 0 bridgehead atoms. The molecule has 0 aromatic heterocycles. The van der Waals surface area contributed by atoms with Crippen LogP contribution >= 0.6 is 0 Å². The van der Waals surface area contributed by atoms with Gasteiger partial charge in [0.05, 0.1) is 11.5 Å². The van der Waals surface area contributed by atoms with Crippen molar-refractivity contribution >= 4 is 22.2 Å². The first kappa shape index (κ1) is 13.0. The summed E-state index contributed by atoms with van der Waals surface area (Å²) < 4.78 is 23.0. The fraction of sp³-hybridized carbons (Fsp3) is 0.778. The van der Waals surface area contributed by atoms with Crippen LogP contribution in [0.5, 0.6) is 0 Å². The van der Waals surface area contributed by atoms with E-state index in [-0.39, 0.29) is 25.1 Å². The monoisotopic (exact) mass is 249 g/mol. The summed E-state index contributed by atoms with van der Waals surface area (Å²) in [5, 5.41) is 9.19. The zero-order chi connectivity index (χ0) is 12.4. The number of carboxylic acids is 1. The van der Waals surface area contributed by atoms with E-state index in [9.17, 15) is 23.1 Å². The van der Waals surface area contributed by atoms with E-state index in [0.717, 1.165) is 4.90 Å². The Morgan fingerprint density at radius 3 is 2.56 bits per heavy atom. The minimum atomic E-state index is -3.38. The van der Waals surface area contributed by atoms with Crippen LogP contribution in [0.25, 0.3) is 0 Å². The number of carbonyl (C=O) groups is 2. The Morgan fingerprint density at radius 2 is 2.19 bits per heavy atom. The number of sulfone groups is 1. The summed E-state index contributed by atoms with van der Waals surface area (Å²) >= 11 is 0. The van der Waals surface area contributed by atoms with E-state index in [1.165, 1.54) is 0 Å². The highest BCUT2D eigenvalue weighted by atomic mass is 32.2. The predicted octanol–water partition coefficient (Wildman–Crippen LogP) is -0.503. The molecule has 1 N–H and O–H groups in total. The molecule has 1 unspecified atom stereocenters. The smallest absolute Gasteiger partial charge is 0.330 e. The van der Waals surface area contributed by atoms with Crippen LogP contribution in [0.15, 0.2) is 0 Å². The first-order chi connectivity index (χ1) is 7.38. The number of hydrogen-bond donors (Lipinski definition) is 1. The van der Waals surface area contributed by atoms with Gasteiger partial charge >= 0.3 is 5.97 Å². The second kappa shape index (κ2) is 4.40. The van der Waals surface area contributed by atoms with Gasteiger partial charge in [-0.25, -0.2) is 13.2 Å². The van der Waals surface area contributed by atoms with Crippen molar-refractivity contribution in [1.82, 2.24) is 4.90 Å². The van der Waals surface area contributed by atoms with E-state index in [0.29, 0.717) is 6.41 Å². The SMILES string of the molecule is CCN(C=O)C1(C(=O)O)CCCS(=O)(=O)C1. The Bertz CT molecular complexity index is 391. The highest BCUT2D eigenvalue weighted by molar-refractivity contribution is 7.91. The topological polar surface area (TPSA) is 91.8 Å². The molecule has 1 amide bonds. The Labute approximate surface area is 94.2 Å². The van der Waals surface area contributed by atoms with Gasteiger partial charge in [-0.05, 0) is 19.8 Å². The van der Waals surface area contributed by atoms with E-state index in [4.69, 9.17) is 0 Å². The molecule has 1 saturated heterocycles. The van der Waals surface area contributed by atoms with E-state index in [1.54, 1.807) is 6.92 Å². The highest BCUT2D eigenvalue weighted by Crippen LogP contribution is 2.28. The van der Waals surface area contributed by atoms with Crippen molar-refractivity contribution in [2.75, 3.05) is 18.1 Å². The van der Waals surface area contributed by atoms with E-state index >= 15 is 0 Å². The minimum absolute atomic E-state index is 0.00155. The van der Waals surface area contributed by atoms with Crippen molar-refractivity contribution in [2.24, 2.45) is 0 Å². The van der Waals surface area contributed by atoms with Crippen molar-refractivity contribution < 1.29 is 23.1 Å². The summed E-state index contributed by atoms with van der Waals surface area (Å²) in [7, 11) is -3.38. The molecule has 1 aliphatic rings. The third-order valence-electron chi connectivity index (χ3n) is 2.92. The van der Waals surface area contributed by atoms with Gasteiger partial charge in [-0.15, -0.1) is 0 Å². The summed E-state index contributed by atoms with van der Waals surface area (Å²) in [6.07, 6.45) is 0.877. The second-order valence-electron chi connectivity index (χ2n) is 3.92. The van der Waals surface area contributed by atoms with Crippen molar-refractivity contribution in [2.45, 2.75) is 25.3 Å². The lowest BCUT2D eigenvalue weighted by atomic mass is 9.93. The van der Waals surface area contributed by atoms with Gasteiger partial charge in [-0.2, -0.15) is 0 Å². The molecule has 1 fully saturated rings. The fourth-order valence-electron chi connectivity index (χ4n) is 2.09. The molecule has 1 rings (SSSR count). The molecule has 0 aromatic carbocycles. The van der Waals surface area contributed by atoms with Gasteiger partial charge in [0.2, 0.25) is 6.41 Å². The molecule has 7 heteroatoms. The summed E-state index contributed by atoms with van der Waals surface area (Å²) in [6, 6.07) is 0. The third-order valence-corrected chi connectivity index (χ3v) is 4.75. The largest absolute Gasteiger partial charge is 0.479 e. The highest BCUT2D eigenvalue weighted by Gasteiger charge is 2.49. The number of likely N-dealkylation sites (N-methyl/N-ethyl adjacent to an activating group) is 1. The fourth-order valence-corrected chi connectivity index (χ4v) is 3.98. The van der Waals surface area contributed by atoms with Gasteiger partial charge in [0.25, 0.3) is 0 Å². The number of carboxylic acid groups (broad SMARTS) is 1. The maximum atomic E-state index is 11.5. The minimum Gasteiger partial charge on any atom is -0.479 e. The van der Waals surface area contributed by atoms with Crippen LogP contribution in [-0.4, -0.2) is 54.4 Å². The molecule has 92 valence electrons. The molecular formula is C9H15NO5S. The van der Waals surface area contributed by atoms with Gasteiger partial charge < -0.3 is 10.0 Å². The Hall–Kier alpha value is -1.11. The van der Waals surface area contributed by atoms with E-state index < -0.39 is 27.1 Å². The molecule has 16 heavy (non-hydrogen) atoms. The van der Waals surface area contributed by atoms with Gasteiger partial charge in [-0.1, -0.05) is 0 Å². The van der Waals surface area contributed by atoms with E-state index in [2.05, 4.69) is 0 Å². The van der Waals surface area contributed by atoms with Crippen molar-refractivity contribution in [1.29, 1.82) is 0 Å². The van der Waals surface area contributed by atoms with Crippen LogP contribution in [0, 0.1) is 0 Å². The number of carbonyl (C=O) groups excluding carboxylic acids is 1. The predicted molar refractivity (Wildman–Crippen MR) is 56.7 cm³/mol. The lowest BCUT2D eigenvalue weighted by molar-refractivity contribution is -0.154. The molecule has 1 heterocycles. The van der Waals surface area contributed by atoms with Crippen LogP contribution in [0.4, 0.5) is 0 Å². The van der Waals surface area contributed by atoms with Gasteiger partial charge in [0, 0.05) is 6.54 Å². The van der Waals surface area contributed by atoms with Crippen LogP contribution in [0.1, 0.15) is 19.8 Å². The lowest BCUT2D eigenvalue weighted by Gasteiger charge is -2.39. The number of amides is 1. The second-order valence-corrected chi connectivity index (χ2v) is 6.11. The summed E-state index contributed by atoms with van der Waals surface area (Å²) in [6.45, 7) is 1.81. The third kappa shape index (κ3) is 2.18. The van der Waals surface area contributed by atoms with Gasteiger partial charge in [0.1, 0.15) is 0 Å². The molecule has 1 aliphatic heterocycles. The molecular weight excluding hydrogens is 234 g/mol. The quantitative estimate of drug-likeness (QED) is 0.678. The normalized spacial score (nSPS) is 28.3. The first-order valence-electron chi connectivity index (χ1n) is 5.04. The summed E-state index contributed by atoms with van der Waals surface area (Å²) in [5.74, 6) is -1.73. The Balaban J connectivity index is 3.15. The van der Waals surface area contributed by atoms with Crippen molar-refractivity contribution in [3.8, 4) is 0 Å². The number of nitrogens with zero attached hydrogens (tertiary/aromatic N) is 1. The molecule has 0 saturated carbocycles. The molecule has 1 atom stereocenters. The van der Waals surface area contributed by atoms with Gasteiger partial charge in [0.15, 0.2) is 15.4 Å². The Kier molecular flexibility index (Phi) is 3.57. The molecule has 0 aliphatic carbocycles. The summed E-state index contributed by atoms with van der Waals surface area (Å²) in [4.78, 5) is 23.1. The molecule has 0 aromatic rings. The zero-order valence-corrected chi connectivity index (χ0v) is 9.87. The van der Waals surface area contributed by atoms with E-state index in [1.807, 2.05) is 0 Å². The first-order valence-corrected chi connectivity index (χ1v) is 6.86. The Morgan fingerprint density at radius 1 is 1.56 bits per heavy atom. The van der Waals surface area contributed by atoms with Crippen LogP contribution in [0.3, 0.4) is 0 Å². The van der Waals surface area contributed by atoms with Crippen molar-refractivity contribution in [3.63, 3.8) is 0 Å². The zero-order valence-electron chi connectivity index (χ0n) is 9.05. The van der Waals surface area contributed by atoms with Gasteiger partial charge in [-0.3, -0.25) is 4.79 Å².